The Hall–Kier alpha value is -2.69. The highest BCUT2D eigenvalue weighted by Crippen LogP contribution is 2.20. The van der Waals surface area contributed by atoms with Gasteiger partial charge in [0.05, 0.1) is 0 Å². The first-order valence-corrected chi connectivity index (χ1v) is 8.50. The number of benzene rings is 2. The molecule has 3 rings (SSSR count). The van der Waals surface area contributed by atoms with E-state index in [0.29, 0.717) is 38.0 Å². The van der Waals surface area contributed by atoms with E-state index >= 15 is 0 Å². The molecule has 25 heavy (non-hydrogen) atoms. The van der Waals surface area contributed by atoms with E-state index in [4.69, 9.17) is 0 Å². The Morgan fingerprint density at radius 3 is 2.44 bits per heavy atom. The molecule has 1 aliphatic rings. The number of rotatable bonds is 4. The molecule has 1 N–H and O–H groups in total. The van der Waals surface area contributed by atoms with Crippen LogP contribution in [-0.2, 0) is 11.3 Å². The van der Waals surface area contributed by atoms with E-state index in [0.717, 1.165) is 5.56 Å². The van der Waals surface area contributed by atoms with Crippen molar-refractivity contribution in [3.05, 3.63) is 71.5 Å². The number of carbonyl (C=O) groups excluding carboxylic acids is 2. The molecular formula is C20H21FN2O2. The van der Waals surface area contributed by atoms with Crippen LogP contribution in [0.15, 0.2) is 54.6 Å². The fourth-order valence-electron chi connectivity index (χ4n) is 3.08. The summed E-state index contributed by atoms with van der Waals surface area (Å²) >= 11 is 0. The summed E-state index contributed by atoms with van der Waals surface area (Å²) in [6.07, 6.45) is 1.25. The number of hydrogen-bond donors (Lipinski definition) is 1. The predicted molar refractivity (Wildman–Crippen MR) is 93.3 cm³/mol. The molecule has 1 aliphatic heterocycles. The maximum atomic E-state index is 13.3. The van der Waals surface area contributed by atoms with Gasteiger partial charge in [0.1, 0.15) is 5.82 Å². The summed E-state index contributed by atoms with van der Waals surface area (Å²) < 4.78 is 13.3. The Labute approximate surface area is 146 Å². The van der Waals surface area contributed by atoms with E-state index in [1.165, 1.54) is 18.2 Å². The summed E-state index contributed by atoms with van der Waals surface area (Å²) in [5.74, 6) is -0.648. The van der Waals surface area contributed by atoms with Gasteiger partial charge in [-0.15, -0.1) is 0 Å². The van der Waals surface area contributed by atoms with E-state index in [2.05, 4.69) is 5.32 Å². The van der Waals surface area contributed by atoms with Crippen molar-refractivity contribution >= 4 is 11.8 Å². The highest BCUT2D eigenvalue weighted by molar-refractivity contribution is 5.94. The van der Waals surface area contributed by atoms with Gasteiger partial charge in [-0.1, -0.05) is 36.4 Å². The van der Waals surface area contributed by atoms with E-state index in [9.17, 15) is 14.0 Å². The molecule has 2 aromatic carbocycles. The monoisotopic (exact) mass is 340 g/mol. The van der Waals surface area contributed by atoms with Crippen molar-refractivity contribution < 1.29 is 14.0 Å². The number of amides is 2. The van der Waals surface area contributed by atoms with E-state index in [-0.39, 0.29) is 17.7 Å². The van der Waals surface area contributed by atoms with Crippen LogP contribution in [0.5, 0.6) is 0 Å². The summed E-state index contributed by atoms with van der Waals surface area (Å²) in [6.45, 7) is 1.54. The van der Waals surface area contributed by atoms with Crippen molar-refractivity contribution in [1.29, 1.82) is 0 Å². The largest absolute Gasteiger partial charge is 0.352 e. The molecule has 0 aromatic heterocycles. The molecule has 0 aliphatic carbocycles. The SMILES string of the molecule is O=C(NCc1ccccc1)C1CCN(C(=O)c2cccc(F)c2)CC1. The lowest BCUT2D eigenvalue weighted by Crippen LogP contribution is -2.42. The highest BCUT2D eigenvalue weighted by atomic mass is 19.1. The second-order valence-corrected chi connectivity index (χ2v) is 6.28. The molecule has 1 heterocycles. The Kier molecular flexibility index (Phi) is 5.43. The van der Waals surface area contributed by atoms with E-state index < -0.39 is 5.82 Å². The lowest BCUT2D eigenvalue weighted by molar-refractivity contribution is -0.126. The number of nitrogens with one attached hydrogen (secondary N) is 1. The van der Waals surface area contributed by atoms with Gasteiger partial charge >= 0.3 is 0 Å². The number of piperidine rings is 1. The minimum atomic E-state index is -0.416. The van der Waals surface area contributed by atoms with Gasteiger partial charge in [0, 0.05) is 31.1 Å². The first kappa shape index (κ1) is 17.1. The Morgan fingerprint density at radius 2 is 1.76 bits per heavy atom. The van der Waals surface area contributed by atoms with Crippen molar-refractivity contribution in [1.82, 2.24) is 10.2 Å². The molecule has 0 spiro atoms. The van der Waals surface area contributed by atoms with Crippen molar-refractivity contribution in [2.75, 3.05) is 13.1 Å². The third-order valence-electron chi connectivity index (χ3n) is 4.53. The van der Waals surface area contributed by atoms with Gasteiger partial charge in [0.15, 0.2) is 0 Å². The molecule has 1 saturated heterocycles. The third-order valence-corrected chi connectivity index (χ3v) is 4.53. The summed E-state index contributed by atoms with van der Waals surface area (Å²) in [5, 5.41) is 2.96. The maximum absolute atomic E-state index is 13.3. The number of halogens is 1. The topological polar surface area (TPSA) is 49.4 Å². The number of nitrogens with zero attached hydrogens (tertiary/aromatic N) is 1. The fourth-order valence-corrected chi connectivity index (χ4v) is 3.08. The third kappa shape index (κ3) is 4.44. The second kappa shape index (κ2) is 7.92. The minimum absolute atomic E-state index is 0.0294. The first-order chi connectivity index (χ1) is 12.1. The van der Waals surface area contributed by atoms with Crippen molar-refractivity contribution in [2.45, 2.75) is 19.4 Å². The standard InChI is InChI=1S/C20H21FN2O2/c21-18-8-4-7-17(13-18)20(25)23-11-9-16(10-12-23)19(24)22-14-15-5-2-1-3-6-15/h1-8,13,16H,9-12,14H2,(H,22,24). The first-order valence-electron chi connectivity index (χ1n) is 8.50. The normalized spacial score (nSPS) is 15.0. The minimum Gasteiger partial charge on any atom is -0.352 e. The number of carbonyl (C=O) groups is 2. The average Bonchev–Trinajstić information content (AvgIpc) is 2.66. The Balaban J connectivity index is 1.49. The van der Waals surface area contributed by atoms with Crippen LogP contribution in [-0.4, -0.2) is 29.8 Å². The van der Waals surface area contributed by atoms with Crippen LogP contribution in [0, 0.1) is 11.7 Å². The van der Waals surface area contributed by atoms with Gasteiger partial charge in [0.2, 0.25) is 5.91 Å². The molecule has 1 fully saturated rings. The predicted octanol–water partition coefficient (Wildman–Crippen LogP) is 2.99. The molecule has 2 amide bonds. The molecule has 130 valence electrons. The molecular weight excluding hydrogens is 319 g/mol. The van der Waals surface area contributed by atoms with Crippen molar-refractivity contribution in [3.8, 4) is 0 Å². The zero-order chi connectivity index (χ0) is 17.6. The van der Waals surface area contributed by atoms with Crippen LogP contribution >= 0.6 is 0 Å². The molecule has 4 nitrogen and oxygen atoms in total. The summed E-state index contributed by atoms with van der Waals surface area (Å²) in [6, 6.07) is 15.5. The van der Waals surface area contributed by atoms with Gasteiger partial charge < -0.3 is 10.2 Å². The smallest absolute Gasteiger partial charge is 0.253 e. The quantitative estimate of drug-likeness (QED) is 0.930. The highest BCUT2D eigenvalue weighted by Gasteiger charge is 2.27. The zero-order valence-electron chi connectivity index (χ0n) is 14.0. The molecule has 0 radical (unpaired) electrons. The number of likely N-dealkylation sites (tertiary alicyclic amines) is 1. The number of hydrogen-bond acceptors (Lipinski definition) is 2. The average molecular weight is 340 g/mol. The molecule has 0 unspecified atom stereocenters. The van der Waals surface area contributed by atoms with Crippen LogP contribution in [0.4, 0.5) is 4.39 Å². The van der Waals surface area contributed by atoms with Gasteiger partial charge in [0.25, 0.3) is 5.91 Å². The van der Waals surface area contributed by atoms with Crippen LogP contribution in [0.3, 0.4) is 0 Å². The molecule has 0 atom stereocenters. The van der Waals surface area contributed by atoms with E-state index in [1.807, 2.05) is 30.3 Å². The lowest BCUT2D eigenvalue weighted by Gasteiger charge is -2.31. The molecule has 0 bridgehead atoms. The van der Waals surface area contributed by atoms with E-state index in [1.54, 1.807) is 11.0 Å². The Bertz CT molecular complexity index is 740. The zero-order valence-corrected chi connectivity index (χ0v) is 14.0. The Morgan fingerprint density at radius 1 is 1.04 bits per heavy atom. The van der Waals surface area contributed by atoms with Crippen molar-refractivity contribution in [3.63, 3.8) is 0 Å². The summed E-state index contributed by atoms with van der Waals surface area (Å²) in [7, 11) is 0. The van der Waals surface area contributed by atoms with Crippen LogP contribution in [0.1, 0.15) is 28.8 Å². The van der Waals surface area contributed by atoms with Crippen LogP contribution < -0.4 is 5.32 Å². The van der Waals surface area contributed by atoms with Crippen molar-refractivity contribution in [2.24, 2.45) is 5.92 Å². The van der Waals surface area contributed by atoms with Gasteiger partial charge in [-0.2, -0.15) is 0 Å². The van der Waals surface area contributed by atoms with Crippen LogP contribution in [0.25, 0.3) is 0 Å². The maximum Gasteiger partial charge on any atom is 0.253 e. The van der Waals surface area contributed by atoms with Gasteiger partial charge in [-0.3, -0.25) is 9.59 Å². The van der Waals surface area contributed by atoms with Gasteiger partial charge in [-0.05, 0) is 36.6 Å². The molecule has 0 saturated carbocycles. The lowest BCUT2D eigenvalue weighted by atomic mass is 9.95. The molecule has 2 aromatic rings. The van der Waals surface area contributed by atoms with Crippen LogP contribution in [0.2, 0.25) is 0 Å². The second-order valence-electron chi connectivity index (χ2n) is 6.28. The fraction of sp³-hybridized carbons (Fsp3) is 0.300. The molecule has 5 heteroatoms. The summed E-state index contributed by atoms with van der Waals surface area (Å²) in [4.78, 5) is 26.4. The summed E-state index contributed by atoms with van der Waals surface area (Å²) in [5.41, 5.74) is 1.42. The van der Waals surface area contributed by atoms with Gasteiger partial charge in [-0.25, -0.2) is 4.39 Å².